The van der Waals surface area contributed by atoms with E-state index in [1.54, 1.807) is 31.2 Å². The van der Waals surface area contributed by atoms with Crippen molar-refractivity contribution in [2.24, 2.45) is 0 Å². The topological polar surface area (TPSA) is 35.5 Å². The number of hydrogen-bond donors (Lipinski definition) is 0. The van der Waals surface area contributed by atoms with Gasteiger partial charge in [0, 0.05) is 4.43 Å². The van der Waals surface area contributed by atoms with E-state index < -0.39 is 0 Å². The summed E-state index contributed by atoms with van der Waals surface area (Å²) in [4.78, 5) is 11.4. The van der Waals surface area contributed by atoms with Gasteiger partial charge in [-0.1, -0.05) is 22.6 Å². The van der Waals surface area contributed by atoms with Crippen molar-refractivity contribution in [2.75, 3.05) is 17.6 Å². The summed E-state index contributed by atoms with van der Waals surface area (Å²) in [7, 11) is 0. The molecule has 0 aliphatic carbocycles. The second kappa shape index (κ2) is 7.49. The van der Waals surface area contributed by atoms with Gasteiger partial charge in [0.15, 0.2) is 0 Å². The van der Waals surface area contributed by atoms with Crippen molar-refractivity contribution in [3.8, 4) is 5.75 Å². The lowest BCUT2D eigenvalue weighted by Crippen LogP contribution is -2.04. The molecule has 4 heteroatoms. The van der Waals surface area contributed by atoms with Crippen LogP contribution in [0.25, 0.3) is 0 Å². The number of carbonyl (C=O) groups is 1. The third-order valence-electron chi connectivity index (χ3n) is 1.91. The van der Waals surface area contributed by atoms with E-state index in [0.717, 1.165) is 16.6 Å². The predicted octanol–water partition coefficient (Wildman–Crippen LogP) is 3.07. The summed E-state index contributed by atoms with van der Waals surface area (Å²) in [6.45, 7) is 2.90. The highest BCUT2D eigenvalue weighted by Crippen LogP contribution is 2.13. The minimum absolute atomic E-state index is 0.290. The molecule has 1 aromatic carbocycles. The molecule has 0 saturated carbocycles. The summed E-state index contributed by atoms with van der Waals surface area (Å²) < 4.78 is 11.5. The number of halogens is 1. The van der Waals surface area contributed by atoms with Gasteiger partial charge < -0.3 is 9.47 Å². The van der Waals surface area contributed by atoms with Gasteiger partial charge in [0.1, 0.15) is 5.75 Å². The first-order chi connectivity index (χ1) is 7.77. The SMILES string of the molecule is CCOC(=O)c1ccc(OCCCI)cc1. The Kier molecular flexibility index (Phi) is 6.22. The summed E-state index contributed by atoms with van der Waals surface area (Å²) in [5, 5.41) is 0. The number of rotatable bonds is 6. The highest BCUT2D eigenvalue weighted by Gasteiger charge is 2.05. The van der Waals surface area contributed by atoms with Crippen LogP contribution in [0.5, 0.6) is 5.75 Å². The summed E-state index contributed by atoms with van der Waals surface area (Å²) in [5.41, 5.74) is 0.558. The van der Waals surface area contributed by atoms with E-state index in [1.807, 2.05) is 0 Å². The monoisotopic (exact) mass is 334 g/mol. The maximum absolute atomic E-state index is 11.4. The van der Waals surface area contributed by atoms with Crippen molar-refractivity contribution in [3.63, 3.8) is 0 Å². The fraction of sp³-hybridized carbons (Fsp3) is 0.417. The zero-order valence-electron chi connectivity index (χ0n) is 9.24. The molecule has 0 unspecified atom stereocenters. The van der Waals surface area contributed by atoms with Crippen LogP contribution in [0, 0.1) is 0 Å². The first-order valence-electron chi connectivity index (χ1n) is 5.24. The van der Waals surface area contributed by atoms with Gasteiger partial charge in [-0.15, -0.1) is 0 Å². The Morgan fingerprint density at radius 3 is 2.56 bits per heavy atom. The van der Waals surface area contributed by atoms with Crippen molar-refractivity contribution in [1.29, 1.82) is 0 Å². The van der Waals surface area contributed by atoms with Gasteiger partial charge in [0.2, 0.25) is 0 Å². The molecule has 0 saturated heterocycles. The highest BCUT2D eigenvalue weighted by atomic mass is 127. The molecular formula is C12H15IO3. The molecule has 0 fully saturated rings. The number of carbonyl (C=O) groups excluding carboxylic acids is 1. The Morgan fingerprint density at radius 1 is 1.31 bits per heavy atom. The third-order valence-corrected chi connectivity index (χ3v) is 2.67. The fourth-order valence-electron chi connectivity index (χ4n) is 1.15. The summed E-state index contributed by atoms with van der Waals surface area (Å²) in [5.74, 6) is 0.499. The molecule has 0 amide bonds. The van der Waals surface area contributed by atoms with E-state index in [1.165, 1.54) is 0 Å². The van der Waals surface area contributed by atoms with Gasteiger partial charge in [-0.05, 0) is 37.6 Å². The molecule has 0 spiro atoms. The van der Waals surface area contributed by atoms with Crippen molar-refractivity contribution >= 4 is 28.6 Å². The second-order valence-electron chi connectivity index (χ2n) is 3.14. The van der Waals surface area contributed by atoms with Gasteiger partial charge in [0.25, 0.3) is 0 Å². The zero-order valence-corrected chi connectivity index (χ0v) is 11.4. The van der Waals surface area contributed by atoms with Gasteiger partial charge in [-0.3, -0.25) is 0 Å². The van der Waals surface area contributed by atoms with Crippen LogP contribution in [0.4, 0.5) is 0 Å². The lowest BCUT2D eigenvalue weighted by atomic mass is 10.2. The predicted molar refractivity (Wildman–Crippen MR) is 71.4 cm³/mol. The number of ether oxygens (including phenoxy) is 2. The molecule has 88 valence electrons. The number of esters is 1. The third kappa shape index (κ3) is 4.38. The van der Waals surface area contributed by atoms with Gasteiger partial charge >= 0.3 is 5.97 Å². The van der Waals surface area contributed by atoms with E-state index in [0.29, 0.717) is 18.8 Å². The first kappa shape index (κ1) is 13.3. The van der Waals surface area contributed by atoms with Crippen LogP contribution in [-0.2, 0) is 4.74 Å². The lowest BCUT2D eigenvalue weighted by molar-refractivity contribution is 0.0526. The van der Waals surface area contributed by atoms with Crippen LogP contribution in [0.15, 0.2) is 24.3 Å². The molecule has 0 atom stereocenters. The van der Waals surface area contributed by atoms with Crippen molar-refractivity contribution in [2.45, 2.75) is 13.3 Å². The Bertz CT molecular complexity index is 322. The minimum atomic E-state index is -0.290. The van der Waals surface area contributed by atoms with E-state index in [2.05, 4.69) is 22.6 Å². The summed E-state index contributed by atoms with van der Waals surface area (Å²) >= 11 is 2.31. The Morgan fingerprint density at radius 2 is 2.00 bits per heavy atom. The molecule has 0 radical (unpaired) electrons. The largest absolute Gasteiger partial charge is 0.494 e. The number of alkyl halides is 1. The van der Waals surface area contributed by atoms with E-state index in [9.17, 15) is 4.79 Å². The minimum Gasteiger partial charge on any atom is -0.494 e. The molecule has 0 bridgehead atoms. The average molecular weight is 334 g/mol. The average Bonchev–Trinajstić information content (AvgIpc) is 2.30. The molecule has 1 aromatic rings. The highest BCUT2D eigenvalue weighted by molar-refractivity contribution is 14.1. The Balaban J connectivity index is 2.50. The molecule has 0 heterocycles. The van der Waals surface area contributed by atoms with Gasteiger partial charge in [-0.25, -0.2) is 4.79 Å². The Hall–Kier alpha value is -0.780. The second-order valence-corrected chi connectivity index (χ2v) is 4.21. The van der Waals surface area contributed by atoms with Crippen LogP contribution < -0.4 is 4.74 Å². The lowest BCUT2D eigenvalue weighted by Gasteiger charge is -2.06. The van der Waals surface area contributed by atoms with Gasteiger partial charge in [0.05, 0.1) is 18.8 Å². The molecule has 0 aromatic heterocycles. The normalized spacial score (nSPS) is 9.88. The van der Waals surface area contributed by atoms with E-state index >= 15 is 0 Å². The summed E-state index contributed by atoms with van der Waals surface area (Å²) in [6, 6.07) is 7.02. The van der Waals surface area contributed by atoms with E-state index in [-0.39, 0.29) is 5.97 Å². The van der Waals surface area contributed by atoms with Crippen molar-refractivity contribution in [3.05, 3.63) is 29.8 Å². The Labute approximate surface area is 109 Å². The van der Waals surface area contributed by atoms with Crippen LogP contribution in [0.3, 0.4) is 0 Å². The van der Waals surface area contributed by atoms with Crippen LogP contribution in [0.1, 0.15) is 23.7 Å². The molecule has 0 N–H and O–H groups in total. The summed E-state index contributed by atoms with van der Waals surface area (Å²) in [6.07, 6.45) is 1.03. The standard InChI is InChI=1S/C12H15IO3/c1-2-15-12(14)10-4-6-11(7-5-10)16-9-3-8-13/h4-7H,2-3,8-9H2,1H3. The molecule has 0 aliphatic heterocycles. The number of benzene rings is 1. The first-order valence-corrected chi connectivity index (χ1v) is 6.76. The molecule has 16 heavy (non-hydrogen) atoms. The molecule has 0 aliphatic rings. The van der Waals surface area contributed by atoms with Crippen LogP contribution in [-0.4, -0.2) is 23.6 Å². The molecular weight excluding hydrogens is 319 g/mol. The van der Waals surface area contributed by atoms with Crippen molar-refractivity contribution < 1.29 is 14.3 Å². The molecule has 1 rings (SSSR count). The quantitative estimate of drug-likeness (QED) is 0.347. The smallest absolute Gasteiger partial charge is 0.338 e. The van der Waals surface area contributed by atoms with Gasteiger partial charge in [-0.2, -0.15) is 0 Å². The van der Waals surface area contributed by atoms with Crippen LogP contribution in [0.2, 0.25) is 0 Å². The van der Waals surface area contributed by atoms with Crippen molar-refractivity contribution in [1.82, 2.24) is 0 Å². The fourth-order valence-corrected chi connectivity index (χ4v) is 1.46. The maximum Gasteiger partial charge on any atom is 0.338 e. The maximum atomic E-state index is 11.4. The van der Waals surface area contributed by atoms with E-state index in [4.69, 9.17) is 9.47 Å². The molecule has 3 nitrogen and oxygen atoms in total. The number of hydrogen-bond acceptors (Lipinski definition) is 3. The zero-order chi connectivity index (χ0) is 11.8. The van der Waals surface area contributed by atoms with Crippen LogP contribution >= 0.6 is 22.6 Å².